The molecule has 6 heteroatoms. The molecule has 0 atom stereocenters. The predicted molar refractivity (Wildman–Crippen MR) is 103 cm³/mol. The Morgan fingerprint density at radius 2 is 1.88 bits per heavy atom. The van der Waals surface area contributed by atoms with Crippen molar-refractivity contribution < 1.29 is 4.39 Å². The molecule has 0 bridgehead atoms. The zero-order valence-electron chi connectivity index (χ0n) is 13.2. The number of hydrogen-bond donors (Lipinski definition) is 2. The second kappa shape index (κ2) is 7.57. The zero-order chi connectivity index (χ0) is 17.0. The van der Waals surface area contributed by atoms with Crippen LogP contribution < -0.4 is 10.6 Å². The fourth-order valence-electron chi connectivity index (χ4n) is 3.28. The van der Waals surface area contributed by atoms with E-state index in [0.717, 1.165) is 23.9 Å². The summed E-state index contributed by atoms with van der Waals surface area (Å²) in [5.41, 5.74) is 1.20. The highest BCUT2D eigenvalue weighted by molar-refractivity contribution is 9.10. The molecule has 0 aliphatic heterocycles. The topological polar surface area (TPSA) is 37.0 Å². The minimum absolute atomic E-state index is 0.0204. The fraction of sp³-hybridized carbons (Fsp3) is 0.333. The van der Waals surface area contributed by atoms with Crippen molar-refractivity contribution in [1.82, 2.24) is 10.3 Å². The molecule has 2 aromatic rings. The largest absolute Gasteiger partial charge is 0.362 e. The van der Waals surface area contributed by atoms with Crippen LogP contribution in [0.3, 0.4) is 0 Å². The number of hydrogen-bond acceptors (Lipinski definition) is 2. The average molecular weight is 408 g/mol. The van der Waals surface area contributed by atoms with Gasteiger partial charge in [0, 0.05) is 22.6 Å². The maximum Gasteiger partial charge on any atom is 0.171 e. The average Bonchev–Trinajstić information content (AvgIpc) is 3.06. The third-order valence-corrected chi connectivity index (χ3v) is 5.29. The lowest BCUT2D eigenvalue weighted by atomic mass is 9.79. The van der Waals surface area contributed by atoms with Gasteiger partial charge in [0.05, 0.1) is 0 Å². The van der Waals surface area contributed by atoms with E-state index in [1.54, 1.807) is 6.20 Å². The summed E-state index contributed by atoms with van der Waals surface area (Å²) in [6, 6.07) is 10.7. The number of pyridine rings is 1. The summed E-state index contributed by atoms with van der Waals surface area (Å²) in [6.45, 7) is 0.737. The Labute approximate surface area is 155 Å². The molecule has 0 amide bonds. The summed E-state index contributed by atoms with van der Waals surface area (Å²) in [4.78, 5) is 4.26. The Bertz CT molecular complexity index is 697. The minimum atomic E-state index is -0.196. The standard InChI is InChI=1S/C18H19BrFN3S/c19-14-5-8-16(21-11-14)23-17(24)22-12-18(9-1-2-10-18)13-3-6-15(20)7-4-13/h3-8,11H,1-2,9-10,12H2,(H2,21,22,23,24). The van der Waals surface area contributed by atoms with Gasteiger partial charge in [0.2, 0.25) is 0 Å². The van der Waals surface area contributed by atoms with Gasteiger partial charge in [0.15, 0.2) is 5.11 Å². The van der Waals surface area contributed by atoms with Gasteiger partial charge < -0.3 is 10.6 Å². The van der Waals surface area contributed by atoms with Gasteiger partial charge in [0.1, 0.15) is 11.6 Å². The van der Waals surface area contributed by atoms with Crippen molar-refractivity contribution >= 4 is 39.1 Å². The first-order chi connectivity index (χ1) is 11.6. The van der Waals surface area contributed by atoms with Crippen LogP contribution in [-0.4, -0.2) is 16.6 Å². The molecule has 1 aromatic heterocycles. The predicted octanol–water partition coefficient (Wildman–Crippen LogP) is 4.78. The number of halogens is 2. The first kappa shape index (κ1) is 17.3. The normalized spacial score (nSPS) is 15.9. The number of rotatable bonds is 4. The highest BCUT2D eigenvalue weighted by Gasteiger charge is 2.35. The molecule has 0 radical (unpaired) electrons. The van der Waals surface area contributed by atoms with Crippen LogP contribution in [0.5, 0.6) is 0 Å². The van der Waals surface area contributed by atoms with E-state index < -0.39 is 0 Å². The molecular weight excluding hydrogens is 389 g/mol. The number of nitrogens with zero attached hydrogens (tertiary/aromatic N) is 1. The lowest BCUT2D eigenvalue weighted by Crippen LogP contribution is -2.40. The van der Waals surface area contributed by atoms with Crippen molar-refractivity contribution in [2.75, 3.05) is 11.9 Å². The van der Waals surface area contributed by atoms with E-state index in [-0.39, 0.29) is 11.2 Å². The summed E-state index contributed by atoms with van der Waals surface area (Å²) >= 11 is 8.75. The summed E-state index contributed by atoms with van der Waals surface area (Å²) in [5, 5.41) is 6.97. The molecule has 0 saturated heterocycles. The van der Waals surface area contributed by atoms with Gasteiger partial charge in [-0.1, -0.05) is 25.0 Å². The fourth-order valence-corrected chi connectivity index (χ4v) is 3.69. The number of benzene rings is 1. The van der Waals surface area contributed by atoms with Crippen LogP contribution >= 0.6 is 28.1 Å². The van der Waals surface area contributed by atoms with E-state index in [2.05, 4.69) is 31.5 Å². The van der Waals surface area contributed by atoms with Crippen molar-refractivity contribution in [3.05, 3.63) is 58.4 Å². The Balaban J connectivity index is 1.65. The minimum Gasteiger partial charge on any atom is -0.362 e. The molecule has 3 rings (SSSR count). The molecule has 3 nitrogen and oxygen atoms in total. The highest BCUT2D eigenvalue weighted by atomic mass is 79.9. The first-order valence-corrected chi connectivity index (χ1v) is 9.20. The first-order valence-electron chi connectivity index (χ1n) is 8.00. The molecule has 2 N–H and O–H groups in total. The van der Waals surface area contributed by atoms with Crippen LogP contribution in [0.1, 0.15) is 31.2 Å². The van der Waals surface area contributed by atoms with Crippen molar-refractivity contribution in [2.24, 2.45) is 0 Å². The van der Waals surface area contributed by atoms with Crippen molar-refractivity contribution in [2.45, 2.75) is 31.1 Å². The second-order valence-corrected chi connectivity index (χ2v) is 7.49. The molecular formula is C18H19BrFN3S. The maximum atomic E-state index is 13.2. The Hall–Kier alpha value is -1.53. The van der Waals surface area contributed by atoms with Gasteiger partial charge >= 0.3 is 0 Å². The van der Waals surface area contributed by atoms with Gasteiger partial charge in [-0.15, -0.1) is 0 Å². The Kier molecular flexibility index (Phi) is 5.46. The van der Waals surface area contributed by atoms with Crippen LogP contribution in [0.4, 0.5) is 10.2 Å². The SMILES string of the molecule is Fc1ccc(C2(CNC(=S)Nc3ccc(Br)cn3)CCCC2)cc1. The molecule has 1 aliphatic carbocycles. The molecule has 0 spiro atoms. The van der Waals surface area contributed by atoms with E-state index >= 15 is 0 Å². The molecule has 126 valence electrons. The molecule has 1 saturated carbocycles. The number of thiocarbonyl (C=S) groups is 1. The monoisotopic (exact) mass is 407 g/mol. The van der Waals surface area contributed by atoms with Crippen molar-refractivity contribution in [3.63, 3.8) is 0 Å². The van der Waals surface area contributed by atoms with E-state index in [4.69, 9.17) is 12.2 Å². The molecule has 1 heterocycles. The van der Waals surface area contributed by atoms with Crippen LogP contribution in [0.25, 0.3) is 0 Å². The maximum absolute atomic E-state index is 13.2. The molecule has 1 aliphatic rings. The van der Waals surface area contributed by atoms with Gasteiger partial charge in [-0.05, 0) is 70.8 Å². The number of aromatic nitrogens is 1. The quantitative estimate of drug-likeness (QED) is 0.714. The van der Waals surface area contributed by atoms with Crippen molar-refractivity contribution in [1.29, 1.82) is 0 Å². The van der Waals surface area contributed by atoms with E-state index in [9.17, 15) is 4.39 Å². The number of anilines is 1. The van der Waals surface area contributed by atoms with Crippen LogP contribution in [0.2, 0.25) is 0 Å². The summed E-state index contributed by atoms with van der Waals surface area (Å²) < 4.78 is 14.2. The van der Waals surface area contributed by atoms with E-state index in [0.29, 0.717) is 10.9 Å². The lowest BCUT2D eigenvalue weighted by Gasteiger charge is -2.30. The summed E-state index contributed by atoms with van der Waals surface area (Å²) in [5.74, 6) is 0.510. The summed E-state index contributed by atoms with van der Waals surface area (Å²) in [7, 11) is 0. The van der Waals surface area contributed by atoms with E-state index in [1.807, 2.05) is 24.3 Å². The van der Waals surface area contributed by atoms with Gasteiger partial charge in [0.25, 0.3) is 0 Å². The second-order valence-electron chi connectivity index (χ2n) is 6.16. The van der Waals surface area contributed by atoms with Crippen LogP contribution in [0, 0.1) is 5.82 Å². The van der Waals surface area contributed by atoms with Crippen molar-refractivity contribution in [3.8, 4) is 0 Å². The summed E-state index contributed by atoms with van der Waals surface area (Å²) in [6.07, 6.45) is 6.28. The van der Waals surface area contributed by atoms with Crippen LogP contribution in [-0.2, 0) is 5.41 Å². The highest BCUT2D eigenvalue weighted by Crippen LogP contribution is 2.40. The zero-order valence-corrected chi connectivity index (χ0v) is 15.6. The third-order valence-electron chi connectivity index (χ3n) is 4.57. The molecule has 24 heavy (non-hydrogen) atoms. The van der Waals surface area contributed by atoms with E-state index in [1.165, 1.54) is 30.5 Å². The van der Waals surface area contributed by atoms with Gasteiger partial charge in [-0.3, -0.25) is 0 Å². The molecule has 0 unspecified atom stereocenters. The number of nitrogens with one attached hydrogen (secondary N) is 2. The lowest BCUT2D eigenvalue weighted by molar-refractivity contribution is 0.434. The third kappa shape index (κ3) is 4.11. The smallest absolute Gasteiger partial charge is 0.171 e. The molecule has 1 fully saturated rings. The van der Waals surface area contributed by atoms with Gasteiger partial charge in [-0.2, -0.15) is 0 Å². The molecule has 1 aromatic carbocycles. The Morgan fingerprint density at radius 1 is 1.17 bits per heavy atom. The van der Waals surface area contributed by atoms with Gasteiger partial charge in [-0.25, -0.2) is 9.37 Å². The van der Waals surface area contributed by atoms with Crippen LogP contribution in [0.15, 0.2) is 47.1 Å². The Morgan fingerprint density at radius 3 is 2.50 bits per heavy atom.